The van der Waals surface area contributed by atoms with Crippen molar-refractivity contribution in [2.45, 2.75) is 72.0 Å². The van der Waals surface area contributed by atoms with Gasteiger partial charge in [0.15, 0.2) is 0 Å². The standard InChI is InChI=1S/C21H27ClF3N3/c1-5-9-14(6-2)26-20-18(8-4)27-19(17(7-3)28-20)15-11-10-13(12-16(15)22)21(23,24)25/h10-12,14H,5-9H2,1-4H3,(H,26,28). The molecule has 154 valence electrons. The highest BCUT2D eigenvalue weighted by molar-refractivity contribution is 6.33. The van der Waals surface area contributed by atoms with Crippen molar-refractivity contribution in [2.75, 3.05) is 5.32 Å². The van der Waals surface area contributed by atoms with Crippen molar-refractivity contribution in [3.05, 3.63) is 40.2 Å². The van der Waals surface area contributed by atoms with Crippen LogP contribution in [0.3, 0.4) is 0 Å². The Kier molecular flexibility index (Phi) is 7.70. The molecule has 0 bridgehead atoms. The van der Waals surface area contributed by atoms with Crippen LogP contribution in [-0.2, 0) is 19.0 Å². The number of hydrogen-bond donors (Lipinski definition) is 1. The molecule has 2 aromatic rings. The summed E-state index contributed by atoms with van der Waals surface area (Å²) in [5.41, 5.74) is 1.75. The van der Waals surface area contributed by atoms with Gasteiger partial charge >= 0.3 is 6.18 Å². The third-order valence-corrected chi connectivity index (χ3v) is 5.05. The Bertz CT molecular complexity index is 806. The van der Waals surface area contributed by atoms with Gasteiger partial charge in [0, 0.05) is 11.6 Å². The second-order valence-electron chi connectivity index (χ2n) is 6.75. The summed E-state index contributed by atoms with van der Waals surface area (Å²) in [6, 6.07) is 3.68. The van der Waals surface area contributed by atoms with Gasteiger partial charge in [-0.3, -0.25) is 0 Å². The van der Waals surface area contributed by atoms with Crippen LogP contribution in [0.2, 0.25) is 5.02 Å². The Morgan fingerprint density at radius 3 is 2.21 bits per heavy atom. The summed E-state index contributed by atoms with van der Waals surface area (Å²) in [5, 5.41) is 3.52. The van der Waals surface area contributed by atoms with Gasteiger partial charge in [-0.15, -0.1) is 0 Å². The summed E-state index contributed by atoms with van der Waals surface area (Å²) in [5.74, 6) is 0.756. The highest BCUT2D eigenvalue weighted by Gasteiger charge is 2.31. The Labute approximate surface area is 169 Å². The van der Waals surface area contributed by atoms with Crippen molar-refractivity contribution in [2.24, 2.45) is 0 Å². The summed E-state index contributed by atoms with van der Waals surface area (Å²) >= 11 is 6.20. The van der Waals surface area contributed by atoms with Crippen molar-refractivity contribution >= 4 is 17.4 Å². The predicted molar refractivity (Wildman–Crippen MR) is 109 cm³/mol. The van der Waals surface area contributed by atoms with E-state index in [1.807, 2.05) is 13.8 Å². The number of nitrogens with zero attached hydrogens (tertiary/aromatic N) is 2. The Morgan fingerprint density at radius 2 is 1.71 bits per heavy atom. The molecule has 0 aliphatic carbocycles. The van der Waals surface area contributed by atoms with E-state index in [1.165, 1.54) is 6.07 Å². The summed E-state index contributed by atoms with van der Waals surface area (Å²) < 4.78 is 38.8. The molecule has 28 heavy (non-hydrogen) atoms. The average Bonchev–Trinajstić information content (AvgIpc) is 2.66. The van der Waals surface area contributed by atoms with E-state index in [9.17, 15) is 13.2 Å². The molecule has 0 saturated heterocycles. The Morgan fingerprint density at radius 1 is 1.04 bits per heavy atom. The van der Waals surface area contributed by atoms with Crippen LogP contribution < -0.4 is 5.32 Å². The van der Waals surface area contributed by atoms with Gasteiger partial charge in [-0.05, 0) is 37.8 Å². The molecule has 0 aliphatic rings. The lowest BCUT2D eigenvalue weighted by Gasteiger charge is -2.20. The van der Waals surface area contributed by atoms with E-state index in [4.69, 9.17) is 21.6 Å². The first-order valence-electron chi connectivity index (χ1n) is 9.78. The summed E-state index contributed by atoms with van der Waals surface area (Å²) in [6.07, 6.45) is -0.0868. The number of benzene rings is 1. The van der Waals surface area contributed by atoms with E-state index in [0.29, 0.717) is 35.8 Å². The van der Waals surface area contributed by atoms with Crippen LogP contribution in [0.15, 0.2) is 18.2 Å². The lowest BCUT2D eigenvalue weighted by molar-refractivity contribution is -0.137. The molecule has 7 heteroatoms. The maximum Gasteiger partial charge on any atom is 0.416 e. The van der Waals surface area contributed by atoms with Crippen LogP contribution in [0, 0.1) is 0 Å². The number of aryl methyl sites for hydroxylation is 2. The summed E-state index contributed by atoms with van der Waals surface area (Å²) in [4.78, 5) is 9.51. The third kappa shape index (κ3) is 5.16. The number of hydrogen-bond acceptors (Lipinski definition) is 3. The molecular formula is C21H27ClF3N3. The van der Waals surface area contributed by atoms with E-state index in [1.54, 1.807) is 0 Å². The molecule has 1 heterocycles. The molecule has 0 fully saturated rings. The molecule has 0 aliphatic heterocycles. The predicted octanol–water partition coefficient (Wildman–Crippen LogP) is 6.93. The SMILES string of the molecule is CCCC(CC)Nc1nc(CC)c(-c2ccc(C(F)(F)F)cc2Cl)nc1CC. The van der Waals surface area contributed by atoms with Crippen LogP contribution in [0.5, 0.6) is 0 Å². The van der Waals surface area contributed by atoms with Gasteiger partial charge in [-0.2, -0.15) is 13.2 Å². The van der Waals surface area contributed by atoms with Crippen LogP contribution >= 0.6 is 11.6 Å². The molecule has 2 rings (SSSR count). The lowest BCUT2D eigenvalue weighted by Crippen LogP contribution is -2.21. The molecular weight excluding hydrogens is 387 g/mol. The van der Waals surface area contributed by atoms with E-state index >= 15 is 0 Å². The first-order chi connectivity index (χ1) is 13.2. The number of alkyl halides is 3. The molecule has 1 aromatic heterocycles. The van der Waals surface area contributed by atoms with Gasteiger partial charge in [0.05, 0.1) is 27.7 Å². The zero-order valence-electron chi connectivity index (χ0n) is 16.8. The van der Waals surface area contributed by atoms with Gasteiger partial charge in [0.1, 0.15) is 5.82 Å². The molecule has 1 N–H and O–H groups in total. The summed E-state index contributed by atoms with van der Waals surface area (Å²) in [6.45, 7) is 8.21. The molecule has 0 amide bonds. The summed E-state index contributed by atoms with van der Waals surface area (Å²) in [7, 11) is 0. The third-order valence-electron chi connectivity index (χ3n) is 4.73. The van der Waals surface area contributed by atoms with Crippen LogP contribution in [0.1, 0.15) is 63.9 Å². The first-order valence-corrected chi connectivity index (χ1v) is 10.2. The highest BCUT2D eigenvalue weighted by atomic mass is 35.5. The van der Waals surface area contributed by atoms with Crippen molar-refractivity contribution in [3.8, 4) is 11.3 Å². The number of rotatable bonds is 8. The van der Waals surface area contributed by atoms with E-state index in [2.05, 4.69) is 19.2 Å². The minimum Gasteiger partial charge on any atom is -0.366 e. The number of nitrogens with one attached hydrogen (secondary N) is 1. The molecule has 3 nitrogen and oxygen atoms in total. The van der Waals surface area contributed by atoms with Gasteiger partial charge in [0.2, 0.25) is 0 Å². The zero-order chi connectivity index (χ0) is 20.9. The number of anilines is 1. The van der Waals surface area contributed by atoms with Gasteiger partial charge in [0.25, 0.3) is 0 Å². The van der Waals surface area contributed by atoms with Crippen LogP contribution in [-0.4, -0.2) is 16.0 Å². The molecule has 0 radical (unpaired) electrons. The molecule has 1 unspecified atom stereocenters. The van der Waals surface area contributed by atoms with E-state index in [-0.39, 0.29) is 5.02 Å². The first kappa shape index (κ1) is 22.5. The minimum absolute atomic E-state index is 0.0269. The fourth-order valence-electron chi connectivity index (χ4n) is 3.13. The topological polar surface area (TPSA) is 37.8 Å². The largest absolute Gasteiger partial charge is 0.416 e. The molecule has 0 saturated carbocycles. The minimum atomic E-state index is -4.43. The second kappa shape index (κ2) is 9.59. The normalized spacial score (nSPS) is 12.9. The maximum atomic E-state index is 12.9. The van der Waals surface area contributed by atoms with Crippen LogP contribution in [0.25, 0.3) is 11.3 Å². The lowest BCUT2D eigenvalue weighted by atomic mass is 10.0. The smallest absolute Gasteiger partial charge is 0.366 e. The van der Waals surface area contributed by atoms with Crippen molar-refractivity contribution < 1.29 is 13.2 Å². The van der Waals surface area contributed by atoms with Crippen molar-refractivity contribution in [1.82, 2.24) is 9.97 Å². The van der Waals surface area contributed by atoms with Gasteiger partial charge < -0.3 is 5.32 Å². The van der Waals surface area contributed by atoms with E-state index < -0.39 is 11.7 Å². The zero-order valence-corrected chi connectivity index (χ0v) is 17.5. The van der Waals surface area contributed by atoms with Crippen LogP contribution in [0.4, 0.5) is 19.0 Å². The fourth-order valence-corrected chi connectivity index (χ4v) is 3.40. The van der Waals surface area contributed by atoms with E-state index in [0.717, 1.165) is 42.9 Å². The number of halogens is 4. The van der Waals surface area contributed by atoms with Crippen molar-refractivity contribution in [1.29, 1.82) is 0 Å². The second-order valence-corrected chi connectivity index (χ2v) is 7.16. The van der Waals surface area contributed by atoms with Gasteiger partial charge in [-0.25, -0.2) is 9.97 Å². The average molecular weight is 414 g/mol. The molecule has 1 aromatic carbocycles. The molecule has 1 atom stereocenters. The maximum absolute atomic E-state index is 12.9. The monoisotopic (exact) mass is 413 g/mol. The Hall–Kier alpha value is -1.82. The Balaban J connectivity index is 2.51. The quantitative estimate of drug-likeness (QED) is 0.509. The van der Waals surface area contributed by atoms with Gasteiger partial charge in [-0.1, -0.05) is 51.8 Å². The highest BCUT2D eigenvalue weighted by Crippen LogP contribution is 2.36. The number of aromatic nitrogens is 2. The van der Waals surface area contributed by atoms with Crippen molar-refractivity contribution in [3.63, 3.8) is 0 Å². The molecule has 0 spiro atoms. The fraction of sp³-hybridized carbons (Fsp3) is 0.524.